The van der Waals surface area contributed by atoms with Gasteiger partial charge in [0.15, 0.2) is 18.7 Å². The van der Waals surface area contributed by atoms with Gasteiger partial charge in [0, 0.05) is 6.92 Å². The maximum atomic E-state index is 11.1. The van der Waals surface area contributed by atoms with E-state index in [9.17, 15) is 30.3 Å². The largest absolute Gasteiger partial charge is 0.457 e. The SMILES string of the molecule is CC(=O)O[C@@H]1[C@@H](O)[C@@H](O)[C@H](O[C@H]2[C@H](O)[C@@H](CO)OC(O)[C@@H]2O)O[C@H]1C. The number of aliphatic hydroxyl groups excluding tert-OH is 6. The van der Waals surface area contributed by atoms with E-state index < -0.39 is 74.0 Å². The Morgan fingerprint density at radius 3 is 2.16 bits per heavy atom. The molecule has 11 nitrogen and oxygen atoms in total. The van der Waals surface area contributed by atoms with Gasteiger partial charge in [0.2, 0.25) is 0 Å². The van der Waals surface area contributed by atoms with Gasteiger partial charge in [-0.2, -0.15) is 0 Å². The van der Waals surface area contributed by atoms with Crippen LogP contribution in [-0.4, -0.2) is 105 Å². The summed E-state index contributed by atoms with van der Waals surface area (Å²) < 4.78 is 20.4. The Kier molecular flexibility index (Phi) is 6.70. The minimum atomic E-state index is -1.73. The van der Waals surface area contributed by atoms with Crippen molar-refractivity contribution in [1.29, 1.82) is 0 Å². The van der Waals surface area contributed by atoms with Gasteiger partial charge in [-0.15, -0.1) is 0 Å². The molecular formula is C14H24O11. The highest BCUT2D eigenvalue weighted by molar-refractivity contribution is 5.66. The Bertz CT molecular complexity index is 460. The minimum absolute atomic E-state index is 0.646. The average Bonchev–Trinajstić information content (AvgIpc) is 2.55. The van der Waals surface area contributed by atoms with Crippen molar-refractivity contribution in [2.24, 2.45) is 0 Å². The van der Waals surface area contributed by atoms with E-state index in [1.165, 1.54) is 6.92 Å². The van der Waals surface area contributed by atoms with Crippen LogP contribution in [0.1, 0.15) is 13.8 Å². The molecule has 0 spiro atoms. The number of hydrogen-bond donors (Lipinski definition) is 6. The molecule has 0 aromatic carbocycles. The van der Waals surface area contributed by atoms with Gasteiger partial charge in [-0.3, -0.25) is 4.79 Å². The van der Waals surface area contributed by atoms with Crippen LogP contribution in [0.4, 0.5) is 0 Å². The van der Waals surface area contributed by atoms with Crippen molar-refractivity contribution < 1.29 is 54.4 Å². The molecule has 6 N–H and O–H groups in total. The van der Waals surface area contributed by atoms with Crippen LogP contribution in [0.15, 0.2) is 0 Å². The normalized spacial score (nSPS) is 48.2. The predicted molar refractivity (Wildman–Crippen MR) is 76.8 cm³/mol. The van der Waals surface area contributed by atoms with Gasteiger partial charge in [0.05, 0.1) is 12.7 Å². The second-order valence-electron chi connectivity index (χ2n) is 6.09. The van der Waals surface area contributed by atoms with Crippen LogP contribution in [0.5, 0.6) is 0 Å². The van der Waals surface area contributed by atoms with E-state index in [1.54, 1.807) is 0 Å². The van der Waals surface area contributed by atoms with Gasteiger partial charge in [0.1, 0.15) is 36.6 Å². The number of carbonyl (C=O) groups excluding carboxylic acids is 1. The predicted octanol–water partition coefficient (Wildman–Crippen LogP) is -3.80. The molecule has 25 heavy (non-hydrogen) atoms. The quantitative estimate of drug-likeness (QED) is 0.268. The molecule has 0 aliphatic carbocycles. The summed E-state index contributed by atoms with van der Waals surface area (Å²) in [7, 11) is 0. The zero-order valence-electron chi connectivity index (χ0n) is 13.7. The topological polar surface area (TPSA) is 175 Å². The molecule has 11 heteroatoms. The maximum Gasteiger partial charge on any atom is 0.303 e. The van der Waals surface area contributed by atoms with Crippen molar-refractivity contribution >= 4 is 5.97 Å². The van der Waals surface area contributed by atoms with Gasteiger partial charge in [-0.25, -0.2) is 0 Å². The Balaban J connectivity index is 2.09. The second kappa shape index (κ2) is 8.20. The average molecular weight is 368 g/mol. The number of esters is 1. The van der Waals surface area contributed by atoms with Crippen molar-refractivity contribution in [3.05, 3.63) is 0 Å². The summed E-state index contributed by atoms with van der Waals surface area (Å²) in [6.07, 6.45) is -14.3. The number of rotatable bonds is 4. The highest BCUT2D eigenvalue weighted by atomic mass is 16.7. The van der Waals surface area contributed by atoms with Gasteiger partial charge in [0.25, 0.3) is 0 Å². The molecular weight excluding hydrogens is 344 g/mol. The number of aliphatic hydroxyl groups is 6. The molecule has 0 aromatic heterocycles. The van der Waals surface area contributed by atoms with E-state index >= 15 is 0 Å². The van der Waals surface area contributed by atoms with Gasteiger partial charge < -0.3 is 49.6 Å². The zero-order valence-corrected chi connectivity index (χ0v) is 13.7. The summed E-state index contributed by atoms with van der Waals surface area (Å²) >= 11 is 0. The lowest BCUT2D eigenvalue weighted by atomic mass is 9.97. The molecule has 0 radical (unpaired) electrons. The van der Waals surface area contributed by atoms with Crippen molar-refractivity contribution in [2.75, 3.05) is 6.61 Å². The molecule has 10 atom stereocenters. The number of ether oxygens (including phenoxy) is 4. The van der Waals surface area contributed by atoms with E-state index in [4.69, 9.17) is 24.1 Å². The van der Waals surface area contributed by atoms with Crippen LogP contribution in [0.3, 0.4) is 0 Å². The van der Waals surface area contributed by atoms with Gasteiger partial charge >= 0.3 is 5.97 Å². The molecule has 1 unspecified atom stereocenters. The molecule has 2 heterocycles. The van der Waals surface area contributed by atoms with Crippen LogP contribution < -0.4 is 0 Å². The summed E-state index contributed by atoms with van der Waals surface area (Å²) in [5.74, 6) is -0.671. The summed E-state index contributed by atoms with van der Waals surface area (Å²) in [5, 5.41) is 59.0. The fourth-order valence-electron chi connectivity index (χ4n) is 2.86. The van der Waals surface area contributed by atoms with Crippen LogP contribution >= 0.6 is 0 Å². The van der Waals surface area contributed by atoms with Crippen LogP contribution in [-0.2, 0) is 23.7 Å². The molecule has 0 saturated carbocycles. The highest BCUT2D eigenvalue weighted by Gasteiger charge is 2.50. The smallest absolute Gasteiger partial charge is 0.303 e. The van der Waals surface area contributed by atoms with Gasteiger partial charge in [-0.05, 0) is 6.92 Å². The third kappa shape index (κ3) is 4.27. The molecule has 2 aliphatic rings. The fourth-order valence-corrected chi connectivity index (χ4v) is 2.86. The van der Waals surface area contributed by atoms with E-state index in [1.807, 2.05) is 0 Å². The third-order valence-electron chi connectivity index (χ3n) is 4.21. The lowest BCUT2D eigenvalue weighted by Gasteiger charge is -2.45. The summed E-state index contributed by atoms with van der Waals surface area (Å²) in [6.45, 7) is 1.97. The molecule has 0 aromatic rings. The molecule has 0 bridgehead atoms. The van der Waals surface area contributed by atoms with E-state index in [2.05, 4.69) is 0 Å². The zero-order chi connectivity index (χ0) is 18.9. The standard InChI is InChI=1S/C14H24O11/c1-4-11(23-5(2)16)8(18)9(19)14(22-4)25-12-7(17)6(3-15)24-13(21)10(12)20/h4,6-15,17-21H,3H2,1-2H3/t4-,6+,7+,8-,9+,10+,11-,12-,13?,14-/m0/s1. The van der Waals surface area contributed by atoms with Crippen molar-refractivity contribution in [3.8, 4) is 0 Å². The first-order valence-corrected chi connectivity index (χ1v) is 7.82. The molecule has 2 rings (SSSR count). The summed E-state index contributed by atoms with van der Waals surface area (Å²) in [4.78, 5) is 11.1. The maximum absolute atomic E-state index is 11.1. The molecule has 146 valence electrons. The Labute approximate surface area is 143 Å². The summed E-state index contributed by atoms with van der Waals surface area (Å²) in [5.41, 5.74) is 0. The van der Waals surface area contributed by atoms with Crippen LogP contribution in [0.2, 0.25) is 0 Å². The number of carbonyl (C=O) groups is 1. The van der Waals surface area contributed by atoms with Gasteiger partial charge in [-0.1, -0.05) is 0 Å². The monoisotopic (exact) mass is 368 g/mol. The highest BCUT2D eigenvalue weighted by Crippen LogP contribution is 2.29. The Morgan fingerprint density at radius 2 is 1.60 bits per heavy atom. The minimum Gasteiger partial charge on any atom is -0.457 e. The number of hydrogen-bond acceptors (Lipinski definition) is 11. The third-order valence-corrected chi connectivity index (χ3v) is 4.21. The van der Waals surface area contributed by atoms with Crippen molar-refractivity contribution in [3.63, 3.8) is 0 Å². The Morgan fingerprint density at radius 1 is 0.960 bits per heavy atom. The molecule has 2 saturated heterocycles. The lowest BCUT2D eigenvalue weighted by molar-refractivity contribution is -0.352. The first-order chi connectivity index (χ1) is 11.7. The van der Waals surface area contributed by atoms with Crippen molar-refractivity contribution in [1.82, 2.24) is 0 Å². The van der Waals surface area contributed by atoms with E-state index in [0.29, 0.717) is 0 Å². The van der Waals surface area contributed by atoms with Crippen LogP contribution in [0.25, 0.3) is 0 Å². The first kappa shape index (κ1) is 20.4. The lowest BCUT2D eigenvalue weighted by Crippen LogP contribution is -2.64. The first-order valence-electron chi connectivity index (χ1n) is 7.82. The van der Waals surface area contributed by atoms with Crippen LogP contribution in [0, 0.1) is 0 Å². The van der Waals surface area contributed by atoms with E-state index in [-0.39, 0.29) is 0 Å². The molecule has 2 fully saturated rings. The van der Waals surface area contributed by atoms with E-state index in [0.717, 1.165) is 6.92 Å². The summed E-state index contributed by atoms with van der Waals surface area (Å²) in [6, 6.07) is 0. The second-order valence-corrected chi connectivity index (χ2v) is 6.09. The molecule has 2 aliphatic heterocycles. The Hall–Kier alpha value is -0.890. The fraction of sp³-hybridized carbons (Fsp3) is 0.929. The molecule has 0 amide bonds. The van der Waals surface area contributed by atoms with Crippen molar-refractivity contribution in [2.45, 2.75) is 75.3 Å².